The van der Waals surface area contributed by atoms with Crippen molar-refractivity contribution in [3.05, 3.63) is 32.6 Å². The summed E-state index contributed by atoms with van der Waals surface area (Å²) in [5.74, 6) is -4.45. The van der Waals surface area contributed by atoms with Crippen LogP contribution in [-0.2, 0) is 23.0 Å². The number of carboxylic acids is 1. The lowest BCUT2D eigenvalue weighted by Crippen LogP contribution is -2.33. The summed E-state index contributed by atoms with van der Waals surface area (Å²) < 4.78 is 32.7. The molecular weight excluding hydrogens is 410 g/mol. The first-order valence-electron chi connectivity index (χ1n) is 7.60. The van der Waals surface area contributed by atoms with Crippen molar-refractivity contribution >= 4 is 21.4 Å². The van der Waals surface area contributed by atoms with E-state index in [1.54, 1.807) is 0 Å². The van der Waals surface area contributed by atoms with Gasteiger partial charge in [-0.2, -0.15) is 0 Å². The van der Waals surface area contributed by atoms with Gasteiger partial charge >= 0.3 is 27.1 Å². The molecule has 152 valence electrons. The molecule has 1 heterocycles. The van der Waals surface area contributed by atoms with E-state index in [4.69, 9.17) is 19.6 Å². The summed E-state index contributed by atoms with van der Waals surface area (Å²) in [6.07, 6.45) is 1.07. The van der Waals surface area contributed by atoms with Crippen molar-refractivity contribution in [2.24, 2.45) is 0 Å². The highest BCUT2D eigenvalue weighted by molar-refractivity contribution is 7.64. The Morgan fingerprint density at radius 3 is 2.48 bits per heavy atom. The van der Waals surface area contributed by atoms with Gasteiger partial charge in [0.25, 0.3) is 11.4 Å². The number of phosphoric acid groups is 1. The zero-order valence-corrected chi connectivity index (χ0v) is 15.7. The molecule has 13 nitrogen and oxygen atoms in total. The van der Waals surface area contributed by atoms with Gasteiger partial charge in [0, 0.05) is 17.8 Å². The average Bonchev–Trinajstić information content (AvgIpc) is 2.94. The molecule has 1 aliphatic rings. The van der Waals surface area contributed by atoms with Gasteiger partial charge in [0.1, 0.15) is 0 Å². The minimum atomic E-state index is -5.44. The van der Waals surface area contributed by atoms with E-state index in [1.807, 2.05) is 0 Å². The maximum absolute atomic E-state index is 11.9. The van der Waals surface area contributed by atoms with E-state index in [0.717, 1.165) is 0 Å². The number of hydrogen-bond acceptors (Lipinski definition) is 7. The van der Waals surface area contributed by atoms with E-state index in [1.165, 1.54) is 17.7 Å². The molecule has 27 heavy (non-hydrogen) atoms. The molecule has 1 aromatic rings. The first kappa shape index (κ1) is 21.7. The van der Waals surface area contributed by atoms with Gasteiger partial charge in [-0.15, -0.1) is 0 Å². The van der Waals surface area contributed by atoms with Crippen molar-refractivity contribution in [3.63, 3.8) is 0 Å². The Bertz CT molecular complexity index is 932. The molecule has 4 atom stereocenters. The minimum absolute atomic E-state index is 0.0745. The Hall–Kier alpha value is -1.59. The fourth-order valence-electron chi connectivity index (χ4n) is 2.80. The Morgan fingerprint density at radius 2 is 1.93 bits per heavy atom. The number of carboxylic acid groups (broad SMARTS) is 1. The third-order valence-electron chi connectivity index (χ3n) is 3.95. The molecule has 15 heteroatoms. The predicted octanol–water partition coefficient (Wildman–Crippen LogP) is -0.339. The highest BCUT2D eigenvalue weighted by atomic mass is 31.3. The van der Waals surface area contributed by atoms with Crippen LogP contribution in [0, 0.1) is 6.92 Å². The number of H-pyrrole nitrogens is 1. The zero-order chi connectivity index (χ0) is 20.6. The molecule has 1 aliphatic carbocycles. The van der Waals surface area contributed by atoms with Gasteiger partial charge in [-0.1, -0.05) is 0 Å². The van der Waals surface area contributed by atoms with Crippen molar-refractivity contribution in [3.8, 4) is 0 Å². The number of aromatic amines is 1. The molecule has 0 aliphatic heterocycles. The smallest absolute Gasteiger partial charge is 0.476 e. The summed E-state index contributed by atoms with van der Waals surface area (Å²) in [5, 5.41) is 9.07. The molecule has 1 saturated carbocycles. The van der Waals surface area contributed by atoms with Gasteiger partial charge in [0.05, 0.1) is 6.10 Å². The molecular formula is C12H18N2O11P2. The van der Waals surface area contributed by atoms with Crippen LogP contribution < -0.4 is 11.2 Å². The normalized spacial score (nSPS) is 23.7. The van der Waals surface area contributed by atoms with Gasteiger partial charge in [0.2, 0.25) is 0 Å². The van der Waals surface area contributed by atoms with Crippen LogP contribution in [0.4, 0.5) is 0 Å². The largest absolute Gasteiger partial charge is 0.479 e. The van der Waals surface area contributed by atoms with E-state index in [2.05, 4.69) is 9.29 Å². The third kappa shape index (κ3) is 5.45. The summed E-state index contributed by atoms with van der Waals surface area (Å²) in [6.45, 7) is 1.50. The summed E-state index contributed by atoms with van der Waals surface area (Å²) in [5.41, 5.74) is -0.912. The van der Waals surface area contributed by atoms with Crippen molar-refractivity contribution in [1.82, 2.24) is 9.55 Å². The van der Waals surface area contributed by atoms with Crippen molar-refractivity contribution in [2.45, 2.75) is 44.2 Å². The summed E-state index contributed by atoms with van der Waals surface area (Å²) in [6, 6.07) is -0.465. The summed E-state index contributed by atoms with van der Waals surface area (Å²) in [7, 11) is -10.8. The number of nitrogens with one attached hydrogen (secondary N) is 1. The van der Waals surface area contributed by atoms with Crippen LogP contribution in [0.3, 0.4) is 0 Å². The second-order valence-corrected chi connectivity index (χ2v) is 9.26. The highest BCUT2D eigenvalue weighted by Crippen LogP contribution is 2.60. The monoisotopic (exact) mass is 428 g/mol. The van der Waals surface area contributed by atoms with E-state index in [-0.39, 0.29) is 18.4 Å². The van der Waals surface area contributed by atoms with Crippen LogP contribution in [0.15, 0.2) is 15.8 Å². The Kier molecular flexibility index (Phi) is 6.27. The fraction of sp³-hybridized carbons (Fsp3) is 0.583. The second kappa shape index (κ2) is 7.80. The Balaban J connectivity index is 2.16. The lowest BCUT2D eigenvalue weighted by Gasteiger charge is -2.23. The summed E-state index contributed by atoms with van der Waals surface area (Å²) >= 11 is 0. The number of aryl methyl sites for hydroxylation is 1. The standard InChI is InChI=1S/C12H18N2O11P2/c1-6-5-14(12(18)13-9(6)15)7-2-3-8(4-7)24-11(10(16)17)26(19,20)25-27(21,22)23/h5,7-8,11H,2-4H2,1H3,(H,16,17)(H,19,20)(H,13,15,18)(H2,21,22,23)/t7-,8+,11?/m0/s1. The fourth-order valence-corrected chi connectivity index (χ4v) is 4.97. The van der Waals surface area contributed by atoms with Crippen molar-refractivity contribution in [1.29, 1.82) is 0 Å². The third-order valence-corrected chi connectivity index (χ3v) is 6.67. The second-order valence-electron chi connectivity index (χ2n) is 6.03. The number of aromatic nitrogens is 2. The van der Waals surface area contributed by atoms with Gasteiger partial charge in [-0.3, -0.25) is 18.9 Å². The number of rotatable bonds is 7. The molecule has 0 amide bonds. The molecule has 0 bridgehead atoms. The SMILES string of the molecule is Cc1cn([C@H]2CC[C@@H](OC(C(=O)O)P(=O)(O)OP(=O)(O)O)C2)c(=O)[nH]c1=O. The topological polar surface area (TPSA) is 205 Å². The molecule has 1 fully saturated rings. The van der Waals surface area contributed by atoms with Crippen LogP contribution in [0.2, 0.25) is 0 Å². The first-order valence-corrected chi connectivity index (χ1v) is 10.8. The molecule has 0 radical (unpaired) electrons. The number of ether oxygens (including phenoxy) is 1. The van der Waals surface area contributed by atoms with Crippen LogP contribution in [0.5, 0.6) is 0 Å². The maximum atomic E-state index is 11.9. The van der Waals surface area contributed by atoms with E-state index < -0.39 is 50.6 Å². The van der Waals surface area contributed by atoms with Crippen LogP contribution in [-0.4, -0.2) is 47.3 Å². The Morgan fingerprint density at radius 1 is 1.30 bits per heavy atom. The number of carbonyl (C=O) groups is 1. The quantitative estimate of drug-likeness (QED) is 0.355. The van der Waals surface area contributed by atoms with E-state index in [0.29, 0.717) is 6.42 Å². The Labute approximate surface area is 151 Å². The first-order chi connectivity index (χ1) is 12.3. The van der Waals surface area contributed by atoms with Crippen molar-refractivity contribution in [2.75, 3.05) is 0 Å². The van der Waals surface area contributed by atoms with E-state index in [9.17, 15) is 28.4 Å². The van der Waals surface area contributed by atoms with Crippen LogP contribution in [0.1, 0.15) is 30.9 Å². The molecule has 1 aromatic heterocycles. The lowest BCUT2D eigenvalue weighted by molar-refractivity contribution is -0.148. The maximum Gasteiger partial charge on any atom is 0.476 e. The summed E-state index contributed by atoms with van der Waals surface area (Å²) in [4.78, 5) is 63.6. The predicted molar refractivity (Wildman–Crippen MR) is 88.2 cm³/mol. The molecule has 0 saturated heterocycles. The van der Waals surface area contributed by atoms with Gasteiger partial charge in [0.15, 0.2) is 0 Å². The lowest BCUT2D eigenvalue weighted by atomic mass is 10.2. The number of nitrogens with zero attached hydrogens (tertiary/aromatic N) is 1. The molecule has 0 aromatic carbocycles. The van der Waals surface area contributed by atoms with Crippen LogP contribution in [0.25, 0.3) is 0 Å². The minimum Gasteiger partial charge on any atom is -0.479 e. The highest BCUT2D eigenvalue weighted by Gasteiger charge is 2.47. The van der Waals surface area contributed by atoms with Gasteiger partial charge in [-0.25, -0.2) is 18.5 Å². The molecule has 2 unspecified atom stereocenters. The number of aliphatic carboxylic acids is 1. The van der Waals surface area contributed by atoms with Gasteiger partial charge < -0.3 is 24.5 Å². The number of hydrogen-bond donors (Lipinski definition) is 5. The van der Waals surface area contributed by atoms with Crippen LogP contribution >= 0.6 is 15.4 Å². The zero-order valence-electron chi connectivity index (χ0n) is 13.9. The molecule has 0 spiro atoms. The average molecular weight is 428 g/mol. The van der Waals surface area contributed by atoms with Gasteiger partial charge in [-0.05, 0) is 26.2 Å². The van der Waals surface area contributed by atoms with E-state index >= 15 is 0 Å². The molecule has 2 rings (SSSR count). The molecule has 5 N–H and O–H groups in total. The van der Waals surface area contributed by atoms with Crippen molar-refractivity contribution < 1.29 is 42.8 Å².